The highest BCUT2D eigenvalue weighted by Gasteiger charge is 2.66. The zero-order valence-electron chi connectivity index (χ0n) is 9.82. The van der Waals surface area contributed by atoms with Crippen LogP contribution in [0.2, 0.25) is 0 Å². The Morgan fingerprint density at radius 3 is 2.40 bits per heavy atom. The van der Waals surface area contributed by atoms with Gasteiger partial charge in [-0.15, -0.1) is 11.3 Å². The van der Waals surface area contributed by atoms with Crippen LogP contribution in [0, 0.1) is 16.7 Å². The third-order valence-electron chi connectivity index (χ3n) is 4.38. The van der Waals surface area contributed by atoms with Crippen molar-refractivity contribution in [3.63, 3.8) is 0 Å². The van der Waals surface area contributed by atoms with E-state index in [1.165, 1.54) is 0 Å². The first-order valence-corrected chi connectivity index (χ1v) is 6.32. The minimum absolute atomic E-state index is 0.249. The van der Waals surface area contributed by atoms with Gasteiger partial charge in [0.2, 0.25) is 0 Å². The molecule has 1 unspecified atom stereocenters. The van der Waals surface area contributed by atoms with E-state index in [0.29, 0.717) is 12.3 Å². The lowest BCUT2D eigenvalue weighted by Gasteiger charge is -2.10. The van der Waals surface area contributed by atoms with E-state index in [1.807, 2.05) is 5.38 Å². The van der Waals surface area contributed by atoms with Gasteiger partial charge in [0, 0.05) is 18.0 Å². The Kier molecular flexibility index (Phi) is 2.43. The molecule has 1 saturated carbocycles. The standard InChI is InChI=1S/C12H19NOS/c1-11(2)10(12(11,3)4)8(14)7-9-13-5-6-15-9/h5-6,8,10,14H,7H2,1-4H3. The van der Waals surface area contributed by atoms with Crippen molar-refractivity contribution in [3.8, 4) is 0 Å². The largest absolute Gasteiger partial charge is 0.392 e. The van der Waals surface area contributed by atoms with Crippen molar-refractivity contribution < 1.29 is 5.11 Å². The van der Waals surface area contributed by atoms with Gasteiger partial charge in [-0.25, -0.2) is 4.98 Å². The molecule has 1 aliphatic carbocycles. The summed E-state index contributed by atoms with van der Waals surface area (Å²) in [6.45, 7) is 8.96. The maximum Gasteiger partial charge on any atom is 0.0950 e. The molecule has 0 bridgehead atoms. The van der Waals surface area contributed by atoms with E-state index in [1.54, 1.807) is 17.5 Å². The smallest absolute Gasteiger partial charge is 0.0950 e. The Morgan fingerprint density at radius 2 is 2.00 bits per heavy atom. The summed E-state index contributed by atoms with van der Waals surface area (Å²) in [5.41, 5.74) is 0.507. The van der Waals surface area contributed by atoms with E-state index in [2.05, 4.69) is 32.7 Å². The predicted molar refractivity (Wildman–Crippen MR) is 62.9 cm³/mol. The van der Waals surface area contributed by atoms with Crippen molar-refractivity contribution in [3.05, 3.63) is 16.6 Å². The van der Waals surface area contributed by atoms with Crippen molar-refractivity contribution in [2.45, 2.75) is 40.2 Å². The van der Waals surface area contributed by atoms with E-state index < -0.39 is 0 Å². The predicted octanol–water partition coefficient (Wildman–Crippen LogP) is 2.73. The molecule has 0 radical (unpaired) electrons. The minimum atomic E-state index is -0.249. The summed E-state index contributed by atoms with van der Waals surface area (Å²) >= 11 is 1.63. The van der Waals surface area contributed by atoms with E-state index >= 15 is 0 Å². The lowest BCUT2D eigenvalue weighted by atomic mass is 10.0. The third kappa shape index (κ3) is 1.62. The first-order chi connectivity index (χ1) is 6.87. The molecule has 0 aliphatic heterocycles. The Balaban J connectivity index is 2.02. The van der Waals surface area contributed by atoms with Gasteiger partial charge in [0.25, 0.3) is 0 Å². The molecule has 1 aromatic rings. The normalized spacial score (nSPS) is 25.1. The second-order valence-corrected chi connectivity index (χ2v) is 6.60. The highest BCUT2D eigenvalue weighted by molar-refractivity contribution is 7.09. The Morgan fingerprint density at radius 1 is 1.40 bits per heavy atom. The summed E-state index contributed by atoms with van der Waals surface area (Å²) in [5.74, 6) is 0.397. The monoisotopic (exact) mass is 225 g/mol. The maximum atomic E-state index is 10.2. The third-order valence-corrected chi connectivity index (χ3v) is 5.19. The summed E-state index contributed by atoms with van der Waals surface area (Å²) in [4.78, 5) is 4.22. The first kappa shape index (κ1) is 11.1. The number of aliphatic hydroxyl groups excluding tert-OH is 1. The van der Waals surface area contributed by atoms with Crippen molar-refractivity contribution in [2.75, 3.05) is 0 Å². The van der Waals surface area contributed by atoms with Crippen LogP contribution in [0.3, 0.4) is 0 Å². The Bertz CT molecular complexity index is 329. The lowest BCUT2D eigenvalue weighted by Crippen LogP contribution is -2.17. The summed E-state index contributed by atoms with van der Waals surface area (Å²) in [7, 11) is 0. The fraction of sp³-hybridized carbons (Fsp3) is 0.750. The van der Waals surface area contributed by atoms with Gasteiger partial charge >= 0.3 is 0 Å². The number of aliphatic hydroxyl groups is 1. The molecular weight excluding hydrogens is 206 g/mol. The summed E-state index contributed by atoms with van der Waals surface area (Å²) in [6, 6.07) is 0. The number of hydrogen-bond acceptors (Lipinski definition) is 3. The molecule has 2 rings (SSSR count). The SMILES string of the molecule is CC1(C)C(C(O)Cc2nccs2)C1(C)C. The molecule has 0 aromatic carbocycles. The molecule has 2 nitrogen and oxygen atoms in total. The first-order valence-electron chi connectivity index (χ1n) is 5.44. The van der Waals surface area contributed by atoms with Crippen LogP contribution in [0.25, 0.3) is 0 Å². The molecule has 1 heterocycles. The second-order valence-electron chi connectivity index (χ2n) is 5.62. The van der Waals surface area contributed by atoms with Crippen LogP contribution in [0.15, 0.2) is 11.6 Å². The maximum absolute atomic E-state index is 10.2. The highest BCUT2D eigenvalue weighted by atomic mass is 32.1. The van der Waals surface area contributed by atoms with Crippen molar-refractivity contribution in [1.29, 1.82) is 0 Å². The number of aromatic nitrogens is 1. The fourth-order valence-electron chi connectivity index (χ4n) is 2.86. The van der Waals surface area contributed by atoms with E-state index in [0.717, 1.165) is 5.01 Å². The fourth-order valence-corrected chi connectivity index (χ4v) is 3.53. The van der Waals surface area contributed by atoms with Gasteiger partial charge in [0.05, 0.1) is 11.1 Å². The van der Waals surface area contributed by atoms with Crippen LogP contribution in [0.5, 0.6) is 0 Å². The van der Waals surface area contributed by atoms with Crippen molar-refractivity contribution in [1.82, 2.24) is 4.98 Å². The quantitative estimate of drug-likeness (QED) is 0.858. The van der Waals surface area contributed by atoms with Gasteiger partial charge in [-0.3, -0.25) is 0 Å². The van der Waals surface area contributed by atoms with E-state index in [9.17, 15) is 5.11 Å². The molecule has 1 atom stereocenters. The van der Waals surface area contributed by atoms with Crippen LogP contribution in [0.1, 0.15) is 32.7 Å². The zero-order valence-corrected chi connectivity index (χ0v) is 10.6. The molecule has 15 heavy (non-hydrogen) atoms. The Hall–Kier alpha value is -0.410. The van der Waals surface area contributed by atoms with E-state index in [4.69, 9.17) is 0 Å². The molecule has 1 N–H and O–H groups in total. The van der Waals surface area contributed by atoms with Gasteiger partial charge in [0.1, 0.15) is 0 Å². The minimum Gasteiger partial charge on any atom is -0.392 e. The van der Waals surface area contributed by atoms with Gasteiger partial charge in [0.15, 0.2) is 0 Å². The molecule has 1 aromatic heterocycles. The Labute approximate surface area is 95.4 Å². The van der Waals surface area contributed by atoms with Crippen LogP contribution < -0.4 is 0 Å². The second kappa shape index (κ2) is 3.29. The van der Waals surface area contributed by atoms with Gasteiger partial charge in [-0.05, 0) is 16.7 Å². The average molecular weight is 225 g/mol. The number of thiazole rings is 1. The summed E-state index contributed by atoms with van der Waals surface area (Å²) in [6.07, 6.45) is 2.26. The van der Waals surface area contributed by atoms with Gasteiger partial charge < -0.3 is 5.11 Å². The van der Waals surface area contributed by atoms with Crippen molar-refractivity contribution in [2.24, 2.45) is 16.7 Å². The van der Waals surface area contributed by atoms with Crippen LogP contribution in [-0.2, 0) is 6.42 Å². The van der Waals surface area contributed by atoms with Gasteiger partial charge in [-0.2, -0.15) is 0 Å². The van der Waals surface area contributed by atoms with E-state index in [-0.39, 0.29) is 16.9 Å². The molecule has 0 spiro atoms. The molecular formula is C12H19NOS. The number of hydrogen-bond donors (Lipinski definition) is 1. The van der Waals surface area contributed by atoms with Gasteiger partial charge in [-0.1, -0.05) is 27.7 Å². The molecule has 0 saturated heterocycles. The molecule has 0 amide bonds. The highest BCUT2D eigenvalue weighted by Crippen LogP contribution is 2.69. The van der Waals surface area contributed by atoms with Crippen molar-refractivity contribution >= 4 is 11.3 Å². The average Bonchev–Trinajstić information content (AvgIpc) is 2.53. The molecule has 1 fully saturated rings. The molecule has 84 valence electrons. The lowest BCUT2D eigenvalue weighted by molar-refractivity contribution is 0.129. The number of nitrogens with zero attached hydrogens (tertiary/aromatic N) is 1. The number of rotatable bonds is 3. The zero-order chi connectivity index (χ0) is 11.3. The molecule has 3 heteroatoms. The van der Waals surface area contributed by atoms with Crippen LogP contribution in [0.4, 0.5) is 0 Å². The summed E-state index contributed by atoms with van der Waals surface area (Å²) < 4.78 is 0. The summed E-state index contributed by atoms with van der Waals surface area (Å²) in [5, 5.41) is 13.2. The van der Waals surface area contributed by atoms with Crippen LogP contribution >= 0.6 is 11.3 Å². The van der Waals surface area contributed by atoms with Crippen LogP contribution in [-0.4, -0.2) is 16.2 Å². The topological polar surface area (TPSA) is 33.1 Å². The molecule has 1 aliphatic rings.